The molecule has 0 unspecified atom stereocenters. The van der Waals surface area contributed by atoms with Crippen LogP contribution in [0.1, 0.15) is 26.3 Å². The summed E-state index contributed by atoms with van der Waals surface area (Å²) in [7, 11) is -1.58. The summed E-state index contributed by atoms with van der Waals surface area (Å²) in [4.78, 5) is 3.36. The topological polar surface area (TPSA) is 15.8 Å². The molecule has 1 aromatic carbocycles. The van der Waals surface area contributed by atoms with Crippen LogP contribution in [0.5, 0.6) is 0 Å². The van der Waals surface area contributed by atoms with Crippen molar-refractivity contribution in [1.82, 2.24) is 4.98 Å². The molecule has 2 aromatic rings. The number of hydrogen-bond donors (Lipinski definition) is 1. The second kappa shape index (κ2) is 5.28. The minimum absolute atomic E-state index is 0.577. The van der Waals surface area contributed by atoms with Crippen LogP contribution in [0.25, 0.3) is 10.9 Å². The lowest BCUT2D eigenvalue weighted by Crippen LogP contribution is -2.46. The first-order chi connectivity index (χ1) is 9.36. The summed E-state index contributed by atoms with van der Waals surface area (Å²) in [6.45, 7) is 6.56. The first kappa shape index (κ1) is 15.2. The number of benzene rings is 1. The SMILES string of the molecule is CC[Si](CC)(CC)c1cc2cc(C(F)(F)F)ccc2[nH]1. The van der Waals surface area contributed by atoms with Gasteiger partial charge >= 0.3 is 6.18 Å². The highest BCUT2D eigenvalue weighted by molar-refractivity contribution is 6.91. The number of alkyl halides is 3. The molecule has 0 bridgehead atoms. The van der Waals surface area contributed by atoms with E-state index in [0.717, 1.165) is 29.7 Å². The first-order valence-corrected chi connectivity index (χ1v) is 9.69. The van der Waals surface area contributed by atoms with Crippen LogP contribution in [0.2, 0.25) is 18.1 Å². The molecule has 1 aromatic heterocycles. The highest BCUT2D eigenvalue weighted by Crippen LogP contribution is 2.31. The van der Waals surface area contributed by atoms with Gasteiger partial charge in [-0.2, -0.15) is 13.2 Å². The summed E-state index contributed by atoms with van der Waals surface area (Å²) in [5, 5.41) is 1.85. The van der Waals surface area contributed by atoms with Crippen molar-refractivity contribution in [2.45, 2.75) is 45.1 Å². The number of H-pyrrole nitrogens is 1. The van der Waals surface area contributed by atoms with E-state index in [2.05, 4.69) is 25.8 Å². The quantitative estimate of drug-likeness (QED) is 0.773. The molecule has 0 aliphatic carbocycles. The maximum absolute atomic E-state index is 12.8. The molecule has 0 saturated carbocycles. The zero-order chi connectivity index (χ0) is 15.0. The summed E-state index contributed by atoms with van der Waals surface area (Å²) in [5.41, 5.74) is 0.229. The largest absolute Gasteiger partial charge is 0.416 e. The van der Waals surface area contributed by atoms with Crippen LogP contribution in [0, 0.1) is 0 Å². The van der Waals surface area contributed by atoms with Crippen molar-refractivity contribution in [3.05, 3.63) is 29.8 Å². The average Bonchev–Trinajstić information content (AvgIpc) is 2.83. The molecule has 0 atom stereocenters. The van der Waals surface area contributed by atoms with Crippen molar-refractivity contribution in [2.24, 2.45) is 0 Å². The van der Waals surface area contributed by atoms with Crippen LogP contribution in [-0.2, 0) is 6.18 Å². The van der Waals surface area contributed by atoms with Crippen molar-refractivity contribution < 1.29 is 13.2 Å². The Labute approximate surface area is 118 Å². The maximum atomic E-state index is 12.8. The number of aromatic amines is 1. The van der Waals surface area contributed by atoms with E-state index in [1.807, 2.05) is 6.07 Å². The minimum Gasteiger partial charge on any atom is -0.362 e. The number of halogens is 3. The second-order valence-electron chi connectivity index (χ2n) is 5.32. The molecule has 0 spiro atoms. The summed E-state index contributed by atoms with van der Waals surface area (Å²) in [5.74, 6) is 0. The fourth-order valence-electron chi connectivity index (χ4n) is 2.92. The van der Waals surface area contributed by atoms with Crippen molar-refractivity contribution >= 4 is 24.3 Å². The number of fused-ring (bicyclic) bond motifs is 1. The number of aromatic nitrogens is 1. The third kappa shape index (κ3) is 2.51. The molecular weight excluding hydrogens is 279 g/mol. The molecule has 0 saturated heterocycles. The van der Waals surface area contributed by atoms with Crippen LogP contribution >= 0.6 is 0 Å². The average molecular weight is 299 g/mol. The van der Waals surface area contributed by atoms with Gasteiger partial charge in [-0.1, -0.05) is 38.9 Å². The highest BCUT2D eigenvalue weighted by Gasteiger charge is 2.33. The Bertz CT molecular complexity index is 588. The summed E-state index contributed by atoms with van der Waals surface area (Å²) < 4.78 is 38.3. The van der Waals surface area contributed by atoms with E-state index in [0.29, 0.717) is 5.39 Å². The minimum atomic E-state index is -4.28. The Balaban J connectivity index is 2.54. The van der Waals surface area contributed by atoms with Gasteiger partial charge in [0, 0.05) is 5.52 Å². The Kier molecular flexibility index (Phi) is 4.00. The van der Waals surface area contributed by atoms with E-state index in [-0.39, 0.29) is 0 Å². The maximum Gasteiger partial charge on any atom is 0.416 e. The summed E-state index contributed by atoms with van der Waals surface area (Å²) >= 11 is 0. The monoisotopic (exact) mass is 299 g/mol. The molecule has 0 aliphatic rings. The zero-order valence-electron chi connectivity index (χ0n) is 12.1. The van der Waals surface area contributed by atoms with Gasteiger partial charge in [0.05, 0.1) is 5.56 Å². The Morgan fingerprint density at radius 3 is 2.10 bits per heavy atom. The van der Waals surface area contributed by atoms with Crippen LogP contribution in [0.4, 0.5) is 13.2 Å². The summed E-state index contributed by atoms with van der Waals surface area (Å²) in [6.07, 6.45) is -4.28. The van der Waals surface area contributed by atoms with Gasteiger partial charge < -0.3 is 4.98 Å². The molecular formula is C15H20F3NSi. The van der Waals surface area contributed by atoms with Gasteiger partial charge in [0.2, 0.25) is 0 Å². The molecule has 0 amide bonds. The van der Waals surface area contributed by atoms with Crippen molar-refractivity contribution in [2.75, 3.05) is 0 Å². The number of hydrogen-bond acceptors (Lipinski definition) is 0. The van der Waals surface area contributed by atoms with Crippen LogP contribution in [0.15, 0.2) is 24.3 Å². The highest BCUT2D eigenvalue weighted by atomic mass is 28.3. The molecule has 1 N–H and O–H groups in total. The second-order valence-corrected chi connectivity index (χ2v) is 10.5. The molecule has 5 heteroatoms. The van der Waals surface area contributed by atoms with Crippen LogP contribution in [-0.4, -0.2) is 13.1 Å². The third-order valence-electron chi connectivity index (χ3n) is 4.55. The predicted molar refractivity (Wildman–Crippen MR) is 80.1 cm³/mol. The third-order valence-corrected chi connectivity index (χ3v) is 10.0. The van der Waals surface area contributed by atoms with Gasteiger partial charge in [0.15, 0.2) is 0 Å². The van der Waals surface area contributed by atoms with Crippen LogP contribution < -0.4 is 5.32 Å². The van der Waals surface area contributed by atoms with E-state index < -0.39 is 19.8 Å². The molecule has 20 heavy (non-hydrogen) atoms. The van der Waals surface area contributed by atoms with Gasteiger partial charge in [0.25, 0.3) is 0 Å². The fraction of sp³-hybridized carbons (Fsp3) is 0.467. The van der Waals surface area contributed by atoms with E-state index in [1.54, 1.807) is 6.07 Å². The first-order valence-electron chi connectivity index (χ1n) is 7.06. The van der Waals surface area contributed by atoms with Crippen molar-refractivity contribution in [1.29, 1.82) is 0 Å². The van der Waals surface area contributed by atoms with Gasteiger partial charge in [-0.05, 0) is 35.0 Å². The van der Waals surface area contributed by atoms with Gasteiger partial charge in [-0.25, -0.2) is 0 Å². The Morgan fingerprint density at radius 1 is 1.00 bits per heavy atom. The molecule has 1 nitrogen and oxygen atoms in total. The lowest BCUT2D eigenvalue weighted by Gasteiger charge is -2.26. The van der Waals surface area contributed by atoms with Gasteiger partial charge in [0.1, 0.15) is 8.07 Å². The summed E-state index contributed by atoms with van der Waals surface area (Å²) in [6, 6.07) is 9.21. The van der Waals surface area contributed by atoms with E-state index >= 15 is 0 Å². The molecule has 0 fully saturated rings. The molecule has 0 radical (unpaired) electrons. The number of nitrogens with one attached hydrogen (secondary N) is 1. The van der Waals surface area contributed by atoms with Crippen molar-refractivity contribution in [3.8, 4) is 0 Å². The van der Waals surface area contributed by atoms with Gasteiger partial charge in [-0.3, -0.25) is 0 Å². The predicted octanol–water partition coefficient (Wildman–Crippen LogP) is 4.90. The molecule has 2 rings (SSSR count). The van der Waals surface area contributed by atoms with E-state index in [4.69, 9.17) is 0 Å². The Hall–Kier alpha value is -1.23. The molecule has 1 heterocycles. The van der Waals surface area contributed by atoms with Crippen LogP contribution in [0.3, 0.4) is 0 Å². The zero-order valence-corrected chi connectivity index (χ0v) is 13.1. The molecule has 0 aliphatic heterocycles. The smallest absolute Gasteiger partial charge is 0.362 e. The Morgan fingerprint density at radius 2 is 1.60 bits per heavy atom. The van der Waals surface area contributed by atoms with E-state index in [1.165, 1.54) is 11.4 Å². The lowest BCUT2D eigenvalue weighted by molar-refractivity contribution is -0.137. The van der Waals surface area contributed by atoms with Gasteiger partial charge in [-0.15, -0.1) is 0 Å². The van der Waals surface area contributed by atoms with E-state index in [9.17, 15) is 13.2 Å². The van der Waals surface area contributed by atoms with Crippen molar-refractivity contribution in [3.63, 3.8) is 0 Å². The lowest BCUT2D eigenvalue weighted by atomic mass is 10.1. The number of rotatable bonds is 4. The molecule has 110 valence electrons. The normalized spacial score (nSPS) is 13.1. The standard InChI is InChI=1S/C15H20F3NSi/c1-4-20(5-2,6-3)14-10-11-9-12(15(16,17)18)7-8-13(11)19-14/h7-10,19H,4-6H2,1-3H3. The fourth-order valence-corrected chi connectivity index (χ4v) is 6.42.